The molecule has 5 rings (SSSR count). The normalized spacial score (nSPS) is 14.0. The number of benzene rings is 3. The Morgan fingerprint density at radius 2 is 1.49 bits per heavy atom. The van der Waals surface area contributed by atoms with Crippen molar-refractivity contribution in [1.82, 2.24) is 15.6 Å². The number of pyridine rings is 1. The molecule has 188 valence electrons. The number of anilines is 1. The van der Waals surface area contributed by atoms with E-state index >= 15 is 0 Å². The molecule has 2 heterocycles. The second-order valence-corrected chi connectivity index (χ2v) is 9.63. The molecule has 4 aromatic rings. The van der Waals surface area contributed by atoms with Crippen LogP contribution >= 0.6 is 0 Å². The molecule has 1 aliphatic heterocycles. The van der Waals surface area contributed by atoms with Gasteiger partial charge in [0.05, 0.1) is 0 Å². The number of aromatic nitrogens is 1. The predicted octanol–water partition coefficient (Wildman–Crippen LogP) is 5.40. The van der Waals surface area contributed by atoms with Crippen LogP contribution in [0.5, 0.6) is 0 Å². The fourth-order valence-corrected chi connectivity index (χ4v) is 5.04. The van der Waals surface area contributed by atoms with Gasteiger partial charge >= 0.3 is 0 Å². The van der Waals surface area contributed by atoms with E-state index < -0.39 is 0 Å². The van der Waals surface area contributed by atoms with Crippen LogP contribution in [0.15, 0.2) is 109 Å². The third kappa shape index (κ3) is 6.63. The van der Waals surface area contributed by atoms with E-state index in [1.165, 1.54) is 16.8 Å². The molecule has 3 aromatic carbocycles. The van der Waals surface area contributed by atoms with Gasteiger partial charge in [-0.25, -0.2) is 0 Å². The molecule has 1 aromatic heterocycles. The Morgan fingerprint density at radius 1 is 0.838 bits per heavy atom. The Bertz CT molecular complexity index is 1200. The lowest BCUT2D eigenvalue weighted by Gasteiger charge is -2.35. The molecule has 37 heavy (non-hydrogen) atoms. The number of hydrogen-bond donors (Lipinski definition) is 2. The molecule has 1 aliphatic rings. The van der Waals surface area contributed by atoms with Crippen molar-refractivity contribution in [3.63, 3.8) is 0 Å². The maximum Gasteiger partial charge on any atom is 0.251 e. The summed E-state index contributed by atoms with van der Waals surface area (Å²) >= 11 is 0. The quantitative estimate of drug-likeness (QED) is 0.330. The molecule has 0 radical (unpaired) electrons. The average molecular weight is 491 g/mol. The summed E-state index contributed by atoms with van der Waals surface area (Å²) in [5.74, 6) is 0.280. The summed E-state index contributed by atoms with van der Waals surface area (Å²) < 4.78 is 0. The third-order valence-corrected chi connectivity index (χ3v) is 7.18. The van der Waals surface area contributed by atoms with Crippen molar-refractivity contribution in [3.05, 3.63) is 132 Å². The minimum absolute atomic E-state index is 0.0651. The van der Waals surface area contributed by atoms with Gasteiger partial charge in [0, 0.05) is 61.8 Å². The van der Waals surface area contributed by atoms with Gasteiger partial charge in [-0.2, -0.15) is 0 Å². The van der Waals surface area contributed by atoms with Gasteiger partial charge in [0.1, 0.15) is 0 Å². The molecular formula is C32H34N4O. The Morgan fingerprint density at radius 3 is 2.08 bits per heavy atom. The number of carbonyl (C=O) groups is 1. The number of hydrogen-bond acceptors (Lipinski definition) is 4. The number of nitrogens with zero attached hydrogens (tertiary/aromatic N) is 2. The van der Waals surface area contributed by atoms with Crippen LogP contribution in [0.2, 0.25) is 0 Å². The van der Waals surface area contributed by atoms with Crippen LogP contribution in [0.4, 0.5) is 5.69 Å². The first-order chi connectivity index (χ1) is 18.3. The van der Waals surface area contributed by atoms with E-state index in [4.69, 9.17) is 0 Å². The minimum Gasteiger partial charge on any atom is -0.371 e. The number of amides is 1. The largest absolute Gasteiger partial charge is 0.371 e. The number of rotatable bonds is 9. The van der Waals surface area contributed by atoms with E-state index in [1.54, 1.807) is 12.4 Å². The van der Waals surface area contributed by atoms with E-state index in [1.807, 2.05) is 24.3 Å². The number of nitrogens with one attached hydrogen (secondary N) is 2. The molecule has 1 amide bonds. The van der Waals surface area contributed by atoms with E-state index in [9.17, 15) is 4.79 Å². The molecule has 0 atom stereocenters. The minimum atomic E-state index is -0.0651. The lowest BCUT2D eigenvalue weighted by atomic mass is 9.90. The van der Waals surface area contributed by atoms with E-state index in [-0.39, 0.29) is 5.91 Å². The van der Waals surface area contributed by atoms with E-state index in [2.05, 4.69) is 93.3 Å². The first kappa shape index (κ1) is 24.7. The SMILES string of the molecule is O=C(NCc1cccnc1)c1ccc(N2CCC(NCC(c3ccccc3)c3ccccc3)CC2)cc1. The molecule has 1 saturated heterocycles. The highest BCUT2D eigenvalue weighted by Crippen LogP contribution is 2.25. The van der Waals surface area contributed by atoms with Gasteiger partial charge in [0.25, 0.3) is 5.91 Å². The fourth-order valence-electron chi connectivity index (χ4n) is 5.04. The summed E-state index contributed by atoms with van der Waals surface area (Å²) in [6, 6.07) is 33.9. The summed E-state index contributed by atoms with van der Waals surface area (Å²) in [5.41, 5.74) is 5.54. The first-order valence-electron chi connectivity index (χ1n) is 13.1. The Kier molecular flexibility index (Phi) is 8.24. The summed E-state index contributed by atoms with van der Waals surface area (Å²) in [6.45, 7) is 3.42. The van der Waals surface area contributed by atoms with Gasteiger partial charge in [0.2, 0.25) is 0 Å². The first-order valence-corrected chi connectivity index (χ1v) is 13.1. The summed E-state index contributed by atoms with van der Waals surface area (Å²) in [6.07, 6.45) is 5.70. The molecule has 5 heteroatoms. The third-order valence-electron chi connectivity index (χ3n) is 7.18. The number of piperidine rings is 1. The molecule has 5 nitrogen and oxygen atoms in total. The Balaban J connectivity index is 1.12. The smallest absolute Gasteiger partial charge is 0.251 e. The average Bonchev–Trinajstić information content (AvgIpc) is 2.98. The predicted molar refractivity (Wildman–Crippen MR) is 150 cm³/mol. The number of carbonyl (C=O) groups excluding carboxylic acids is 1. The van der Waals surface area contributed by atoms with Crippen molar-refractivity contribution >= 4 is 11.6 Å². The molecule has 2 N–H and O–H groups in total. The van der Waals surface area contributed by atoms with Crippen molar-refractivity contribution in [2.45, 2.75) is 31.3 Å². The Labute approximate surface area is 219 Å². The molecule has 0 aliphatic carbocycles. The van der Waals surface area contributed by atoms with Gasteiger partial charge in [0.15, 0.2) is 0 Å². The van der Waals surface area contributed by atoms with Crippen LogP contribution in [0.25, 0.3) is 0 Å². The maximum absolute atomic E-state index is 12.5. The van der Waals surface area contributed by atoms with Gasteiger partial charge < -0.3 is 15.5 Å². The zero-order chi connectivity index (χ0) is 25.3. The van der Waals surface area contributed by atoms with Crippen molar-refractivity contribution in [3.8, 4) is 0 Å². The van der Waals surface area contributed by atoms with Gasteiger partial charge in [-0.15, -0.1) is 0 Å². The molecule has 0 spiro atoms. The van der Waals surface area contributed by atoms with Crippen molar-refractivity contribution in [2.24, 2.45) is 0 Å². The van der Waals surface area contributed by atoms with E-state index in [0.717, 1.165) is 38.0 Å². The fraction of sp³-hybridized carbons (Fsp3) is 0.250. The van der Waals surface area contributed by atoms with Crippen LogP contribution in [0.1, 0.15) is 45.8 Å². The summed E-state index contributed by atoms with van der Waals surface area (Å²) in [5, 5.41) is 6.82. The second kappa shape index (κ2) is 12.3. The van der Waals surface area contributed by atoms with E-state index in [0.29, 0.717) is 24.1 Å². The topological polar surface area (TPSA) is 57.3 Å². The summed E-state index contributed by atoms with van der Waals surface area (Å²) in [7, 11) is 0. The standard InChI is InChI=1S/C32H34N4O/c37-32(35-23-25-8-7-19-33-22-25)28-13-15-30(16-14-28)36-20-17-29(18-21-36)34-24-31(26-9-3-1-4-10-26)27-11-5-2-6-12-27/h1-16,19,22,29,31,34H,17-18,20-21,23-24H2,(H,35,37). The van der Waals surface area contributed by atoms with Crippen LogP contribution in [0, 0.1) is 0 Å². The van der Waals surface area contributed by atoms with Crippen molar-refractivity contribution < 1.29 is 4.79 Å². The molecule has 0 bridgehead atoms. The van der Waals surface area contributed by atoms with Gasteiger partial charge in [-0.3, -0.25) is 9.78 Å². The van der Waals surface area contributed by atoms with Gasteiger partial charge in [-0.1, -0.05) is 66.7 Å². The highest BCUT2D eigenvalue weighted by molar-refractivity contribution is 5.94. The zero-order valence-corrected chi connectivity index (χ0v) is 21.1. The van der Waals surface area contributed by atoms with Crippen LogP contribution in [-0.4, -0.2) is 36.6 Å². The molecule has 0 unspecified atom stereocenters. The van der Waals surface area contributed by atoms with Gasteiger partial charge in [-0.05, 0) is 59.9 Å². The molecule has 1 fully saturated rings. The monoisotopic (exact) mass is 490 g/mol. The highest BCUT2D eigenvalue weighted by atomic mass is 16.1. The van der Waals surface area contributed by atoms with Crippen molar-refractivity contribution in [1.29, 1.82) is 0 Å². The van der Waals surface area contributed by atoms with Crippen molar-refractivity contribution in [2.75, 3.05) is 24.5 Å². The Hall–Kier alpha value is -3.96. The highest BCUT2D eigenvalue weighted by Gasteiger charge is 2.21. The molecule has 0 saturated carbocycles. The van der Waals surface area contributed by atoms with Crippen LogP contribution < -0.4 is 15.5 Å². The lowest BCUT2D eigenvalue weighted by molar-refractivity contribution is 0.0951. The summed E-state index contributed by atoms with van der Waals surface area (Å²) in [4.78, 5) is 19.0. The molecular weight excluding hydrogens is 456 g/mol. The maximum atomic E-state index is 12.5. The van der Waals surface area contributed by atoms with Crippen LogP contribution in [0.3, 0.4) is 0 Å². The lowest BCUT2D eigenvalue weighted by Crippen LogP contribution is -2.43. The second-order valence-electron chi connectivity index (χ2n) is 9.63. The van der Waals surface area contributed by atoms with Crippen LogP contribution in [-0.2, 0) is 6.54 Å². The zero-order valence-electron chi connectivity index (χ0n) is 21.1.